The normalized spacial score (nSPS) is 11.8. The van der Waals surface area contributed by atoms with Crippen molar-refractivity contribution in [2.45, 2.75) is 101 Å². The first-order valence-electron chi connectivity index (χ1n) is 23.1. The van der Waals surface area contributed by atoms with Crippen molar-refractivity contribution in [2.24, 2.45) is 23.7 Å². The maximum absolute atomic E-state index is 7.11. The molecule has 8 rings (SSSR count). The molecule has 0 saturated heterocycles. The van der Waals surface area contributed by atoms with E-state index in [4.69, 9.17) is 19.4 Å². The van der Waals surface area contributed by atoms with Crippen molar-refractivity contribution >= 4 is 23.4 Å². The van der Waals surface area contributed by atoms with E-state index < -0.39 is 0 Å². The van der Waals surface area contributed by atoms with Crippen LogP contribution in [-0.2, 0) is 66.5 Å². The Morgan fingerprint density at radius 2 is 0.864 bits per heavy atom. The molecule has 0 unspecified atom stereocenters. The van der Waals surface area contributed by atoms with E-state index in [0.29, 0.717) is 58.3 Å². The van der Waals surface area contributed by atoms with Crippen molar-refractivity contribution in [1.82, 2.24) is 19.9 Å². The summed E-state index contributed by atoms with van der Waals surface area (Å²) in [4.78, 5) is 19.4. The van der Waals surface area contributed by atoms with Crippen LogP contribution < -0.4 is 26.1 Å². The van der Waals surface area contributed by atoms with Crippen molar-refractivity contribution in [2.75, 3.05) is 0 Å². The standard InChI is InChI=1S/C57H59BN4O2.2Pd/c1-35(2)23-42-19-17-40(51-15-11-13-21-59-51)29-53(42)63-55-31-49-47(27-44(55)25-37(5)6)48-28-45(26-38(7)8)56(32-50(48)58(49)57-61-33-46(34-62-57)39(9)10)64-54-30-41(52-16-12-14-22-60-52)18-20-43(54)24-36(3)4;;/h11-22,27-28,33-39H,23-26H2,1-10H3;;/q-4;2*+2. The Morgan fingerprint density at radius 1 is 0.470 bits per heavy atom. The number of aromatic nitrogens is 4. The molecule has 3 aromatic heterocycles. The molecule has 1 aliphatic heterocycles. The van der Waals surface area contributed by atoms with Crippen molar-refractivity contribution in [3.63, 3.8) is 0 Å². The van der Waals surface area contributed by atoms with Gasteiger partial charge >= 0.3 is 40.8 Å². The molecule has 0 atom stereocenters. The molecular formula is C57H59BN4O2Pd2. The van der Waals surface area contributed by atoms with Crippen LogP contribution in [0.2, 0.25) is 0 Å². The van der Waals surface area contributed by atoms with Crippen molar-refractivity contribution in [1.29, 1.82) is 0 Å². The Hall–Kier alpha value is -4.75. The van der Waals surface area contributed by atoms with Crippen LogP contribution in [-0.4, -0.2) is 26.6 Å². The van der Waals surface area contributed by atoms with Crippen molar-refractivity contribution in [3.8, 4) is 56.6 Å². The van der Waals surface area contributed by atoms with Gasteiger partial charge in [-0.15, -0.1) is 58.7 Å². The minimum Gasteiger partial charge on any atom is -0.502 e. The summed E-state index contributed by atoms with van der Waals surface area (Å²) in [5, 5.41) is 0. The van der Waals surface area contributed by atoms with Gasteiger partial charge in [-0.1, -0.05) is 166 Å². The van der Waals surface area contributed by atoms with Gasteiger partial charge in [0.2, 0.25) is 6.71 Å². The van der Waals surface area contributed by atoms with Gasteiger partial charge in [0.05, 0.1) is 5.72 Å². The second-order valence-electron chi connectivity index (χ2n) is 19.3. The summed E-state index contributed by atoms with van der Waals surface area (Å²) in [6.07, 6.45) is 10.9. The first-order valence-corrected chi connectivity index (χ1v) is 23.1. The zero-order valence-electron chi connectivity index (χ0n) is 39.8. The van der Waals surface area contributed by atoms with Crippen LogP contribution in [0.1, 0.15) is 103 Å². The molecule has 0 bridgehead atoms. The van der Waals surface area contributed by atoms with Crippen molar-refractivity contribution in [3.05, 3.63) is 150 Å². The zero-order chi connectivity index (χ0) is 45.1. The Labute approximate surface area is 421 Å². The Kier molecular flexibility index (Phi) is 17.2. The zero-order valence-corrected chi connectivity index (χ0v) is 42.9. The number of benzene rings is 4. The molecule has 0 aliphatic carbocycles. The van der Waals surface area contributed by atoms with E-state index in [1.807, 2.05) is 61.2 Å². The van der Waals surface area contributed by atoms with Gasteiger partial charge in [0.25, 0.3) is 0 Å². The molecule has 7 aromatic rings. The molecule has 0 N–H and O–H groups in total. The molecule has 66 heavy (non-hydrogen) atoms. The molecule has 6 nitrogen and oxygen atoms in total. The third kappa shape index (κ3) is 11.7. The molecular weight excluding hydrogens is 996 g/mol. The fourth-order valence-electron chi connectivity index (χ4n) is 8.58. The molecule has 4 aromatic carbocycles. The van der Waals surface area contributed by atoms with Gasteiger partial charge in [-0.2, -0.15) is 34.2 Å². The average molecular weight is 1060 g/mol. The number of nitrogens with zero attached hydrogens (tertiary/aromatic N) is 4. The topological polar surface area (TPSA) is 70.0 Å². The van der Waals surface area contributed by atoms with Gasteiger partial charge < -0.3 is 19.4 Å². The number of ether oxygens (including phenoxy) is 2. The Balaban J connectivity index is 0.00000360. The molecule has 0 amide bonds. The maximum atomic E-state index is 7.11. The molecule has 0 spiro atoms. The van der Waals surface area contributed by atoms with E-state index in [0.717, 1.165) is 98.1 Å². The van der Waals surface area contributed by atoms with E-state index in [-0.39, 0.29) is 47.6 Å². The fourth-order valence-corrected chi connectivity index (χ4v) is 8.58. The Bertz CT molecular complexity index is 2560. The van der Waals surface area contributed by atoms with Crippen LogP contribution in [0.3, 0.4) is 0 Å². The van der Waals surface area contributed by atoms with E-state index >= 15 is 0 Å². The van der Waals surface area contributed by atoms with Crippen LogP contribution in [0.4, 0.5) is 0 Å². The van der Waals surface area contributed by atoms with Crippen molar-refractivity contribution < 1.29 is 50.3 Å². The van der Waals surface area contributed by atoms with Gasteiger partial charge in [-0.05, 0) is 35.0 Å². The molecule has 4 heterocycles. The number of hydrogen-bond acceptors (Lipinski definition) is 6. The van der Waals surface area contributed by atoms with E-state index in [9.17, 15) is 0 Å². The second kappa shape index (κ2) is 22.4. The van der Waals surface area contributed by atoms with Gasteiger partial charge in [0.15, 0.2) is 0 Å². The first-order chi connectivity index (χ1) is 30.8. The number of hydrogen-bond donors (Lipinski definition) is 0. The van der Waals surface area contributed by atoms with Crippen LogP contribution in [0.25, 0.3) is 33.6 Å². The third-order valence-electron chi connectivity index (χ3n) is 11.6. The Morgan fingerprint density at radius 3 is 1.23 bits per heavy atom. The second-order valence-corrected chi connectivity index (χ2v) is 19.3. The predicted molar refractivity (Wildman–Crippen MR) is 262 cm³/mol. The van der Waals surface area contributed by atoms with Gasteiger partial charge in [-0.3, -0.25) is 9.97 Å². The summed E-state index contributed by atoms with van der Waals surface area (Å²) in [5.41, 5.74) is 13.8. The van der Waals surface area contributed by atoms with E-state index in [1.54, 1.807) is 0 Å². The molecule has 342 valence electrons. The summed E-state index contributed by atoms with van der Waals surface area (Å²) in [5.74, 6) is 4.66. The third-order valence-corrected chi connectivity index (χ3v) is 11.6. The van der Waals surface area contributed by atoms with Crippen LogP contribution in [0.5, 0.6) is 23.0 Å². The first kappa shape index (κ1) is 50.7. The molecule has 0 fully saturated rings. The number of pyridine rings is 2. The minimum absolute atomic E-state index is 0. The summed E-state index contributed by atoms with van der Waals surface area (Å²) in [7, 11) is 0. The van der Waals surface area contributed by atoms with Crippen LogP contribution in [0, 0.1) is 47.9 Å². The van der Waals surface area contributed by atoms with Gasteiger partial charge in [-0.25, -0.2) is 0 Å². The quantitative estimate of drug-likeness (QED) is 0.0709. The fraction of sp³-hybridized carbons (Fsp3) is 0.333. The smallest absolute Gasteiger partial charge is 0.502 e. The minimum atomic E-state index is -0.366. The summed E-state index contributed by atoms with van der Waals surface area (Å²) < 4.78 is 14.2. The monoisotopic (exact) mass is 1050 g/mol. The largest absolute Gasteiger partial charge is 2.00 e. The predicted octanol–water partition coefficient (Wildman–Crippen LogP) is 11.8. The van der Waals surface area contributed by atoms with E-state index in [2.05, 4.69) is 140 Å². The molecule has 9 heteroatoms. The maximum Gasteiger partial charge on any atom is 2.00 e. The number of rotatable bonds is 16. The van der Waals surface area contributed by atoms with E-state index in [1.165, 1.54) is 0 Å². The SMILES string of the molecule is CC(C)Cc1ccc(-c2ccccn2)[c-]c1Oc1[c-]c2c(cc1CC(C)C)-c1cc(CC(C)C)c(Oc3[c-]c(-c4ccccn4)ccc3CC(C)C)[c-]c1B2c1ncc(C(C)C)cn1.[Pd+2].[Pd+2]. The summed E-state index contributed by atoms with van der Waals surface area (Å²) >= 11 is 0. The number of fused-ring (bicyclic) bond motifs is 3. The molecule has 0 radical (unpaired) electrons. The average Bonchev–Trinajstić information content (AvgIpc) is 3.56. The van der Waals surface area contributed by atoms with Gasteiger partial charge in [0, 0.05) is 47.8 Å². The summed E-state index contributed by atoms with van der Waals surface area (Å²) in [6.45, 7) is 21.9. The summed E-state index contributed by atoms with van der Waals surface area (Å²) in [6, 6.07) is 40.1. The molecule has 1 aliphatic rings. The van der Waals surface area contributed by atoms with Crippen LogP contribution in [0.15, 0.2) is 97.6 Å². The van der Waals surface area contributed by atoms with Gasteiger partial charge in [0.1, 0.15) is 0 Å². The van der Waals surface area contributed by atoms with Crippen LogP contribution >= 0.6 is 0 Å². The molecule has 0 saturated carbocycles.